The lowest BCUT2D eigenvalue weighted by Crippen LogP contribution is -2.32. The van der Waals surface area contributed by atoms with E-state index in [9.17, 15) is 0 Å². The average molecular weight is 275 g/mol. The van der Waals surface area contributed by atoms with Crippen molar-refractivity contribution >= 4 is 0 Å². The minimum Gasteiger partial charge on any atom is -0.465 e. The van der Waals surface area contributed by atoms with Crippen LogP contribution in [0.25, 0.3) is 0 Å². The quantitative estimate of drug-likeness (QED) is 0.911. The summed E-state index contributed by atoms with van der Waals surface area (Å²) < 4.78 is 11.0. The summed E-state index contributed by atoms with van der Waals surface area (Å²) in [4.78, 5) is 2.43. The van der Waals surface area contributed by atoms with Crippen LogP contribution in [0.1, 0.15) is 37.1 Å². The number of aromatic amines is 1. The highest BCUT2D eigenvalue weighted by Crippen LogP contribution is 2.27. The first-order chi connectivity index (χ1) is 9.85. The predicted molar refractivity (Wildman–Crippen MR) is 75.7 cm³/mol. The molecule has 3 rings (SSSR count). The summed E-state index contributed by atoms with van der Waals surface area (Å²) >= 11 is 0. The maximum atomic E-state index is 5.65. The number of hydrogen-bond donors (Lipinski definition) is 1. The van der Waals surface area contributed by atoms with Crippen LogP contribution < -0.4 is 4.74 Å². The standard InChI is InChI=1S/C15H21N3O2/c1-2-19-15-4-3-13(20-15)11-18-9-6-12(7-10-18)14-5-8-16-17-14/h3-5,8,12H,2,6-7,9-11H2,1H3,(H,16,17). The first kappa shape index (κ1) is 13.2. The van der Waals surface area contributed by atoms with E-state index in [1.165, 1.54) is 18.5 Å². The molecule has 20 heavy (non-hydrogen) atoms. The van der Waals surface area contributed by atoms with Crippen LogP contribution in [0.2, 0.25) is 0 Å². The van der Waals surface area contributed by atoms with Gasteiger partial charge in [0, 0.05) is 23.9 Å². The Bertz CT molecular complexity index is 513. The van der Waals surface area contributed by atoms with E-state index in [1.54, 1.807) is 0 Å². The average Bonchev–Trinajstić information content (AvgIpc) is 3.12. The summed E-state index contributed by atoms with van der Waals surface area (Å²) in [5, 5.41) is 7.12. The van der Waals surface area contributed by atoms with Crippen molar-refractivity contribution in [2.75, 3.05) is 19.7 Å². The van der Waals surface area contributed by atoms with E-state index < -0.39 is 0 Å². The Balaban J connectivity index is 1.50. The normalized spacial score (nSPS) is 17.4. The van der Waals surface area contributed by atoms with Gasteiger partial charge >= 0.3 is 0 Å². The smallest absolute Gasteiger partial charge is 0.284 e. The molecule has 0 aliphatic carbocycles. The Morgan fingerprint density at radius 1 is 1.35 bits per heavy atom. The third-order valence-corrected chi connectivity index (χ3v) is 3.85. The topological polar surface area (TPSA) is 54.3 Å². The number of furan rings is 1. The molecule has 108 valence electrons. The molecule has 0 amide bonds. The fraction of sp³-hybridized carbons (Fsp3) is 0.533. The summed E-state index contributed by atoms with van der Waals surface area (Å²) in [6.45, 7) is 5.65. The van der Waals surface area contributed by atoms with E-state index in [0.717, 1.165) is 25.4 Å². The zero-order chi connectivity index (χ0) is 13.8. The second-order valence-electron chi connectivity index (χ2n) is 5.22. The lowest BCUT2D eigenvalue weighted by molar-refractivity contribution is 0.179. The largest absolute Gasteiger partial charge is 0.465 e. The number of hydrogen-bond acceptors (Lipinski definition) is 4. The lowest BCUT2D eigenvalue weighted by atomic mass is 9.94. The molecule has 1 aliphatic heterocycles. The zero-order valence-electron chi connectivity index (χ0n) is 11.8. The lowest BCUT2D eigenvalue weighted by Gasteiger charge is -2.30. The van der Waals surface area contributed by atoms with Crippen LogP contribution in [0.4, 0.5) is 0 Å². The second kappa shape index (κ2) is 6.13. The van der Waals surface area contributed by atoms with Crippen molar-refractivity contribution in [1.82, 2.24) is 15.1 Å². The maximum Gasteiger partial charge on any atom is 0.284 e. The highest BCUT2D eigenvalue weighted by Gasteiger charge is 2.22. The van der Waals surface area contributed by atoms with Crippen LogP contribution in [-0.2, 0) is 6.54 Å². The fourth-order valence-electron chi connectivity index (χ4n) is 2.78. The van der Waals surface area contributed by atoms with Crippen molar-refractivity contribution in [1.29, 1.82) is 0 Å². The van der Waals surface area contributed by atoms with Gasteiger partial charge < -0.3 is 9.15 Å². The van der Waals surface area contributed by atoms with E-state index in [4.69, 9.17) is 9.15 Å². The molecule has 0 saturated carbocycles. The van der Waals surface area contributed by atoms with Gasteiger partial charge in [0.15, 0.2) is 0 Å². The van der Waals surface area contributed by atoms with E-state index in [1.807, 2.05) is 25.3 Å². The van der Waals surface area contributed by atoms with Gasteiger partial charge in [-0.2, -0.15) is 5.10 Å². The van der Waals surface area contributed by atoms with Crippen LogP contribution >= 0.6 is 0 Å². The third-order valence-electron chi connectivity index (χ3n) is 3.85. The molecule has 5 heteroatoms. The van der Waals surface area contributed by atoms with Crippen molar-refractivity contribution < 1.29 is 9.15 Å². The van der Waals surface area contributed by atoms with E-state index in [0.29, 0.717) is 18.5 Å². The Kier molecular flexibility index (Phi) is 4.06. The van der Waals surface area contributed by atoms with Gasteiger partial charge in [0.05, 0.1) is 13.2 Å². The van der Waals surface area contributed by atoms with Gasteiger partial charge in [-0.1, -0.05) is 0 Å². The van der Waals surface area contributed by atoms with Gasteiger partial charge in [-0.05, 0) is 45.0 Å². The number of nitrogens with zero attached hydrogens (tertiary/aromatic N) is 2. The van der Waals surface area contributed by atoms with Gasteiger partial charge in [-0.25, -0.2) is 0 Å². The summed E-state index contributed by atoms with van der Waals surface area (Å²) in [6, 6.07) is 5.99. The number of H-pyrrole nitrogens is 1. The van der Waals surface area contributed by atoms with Crippen molar-refractivity contribution in [2.24, 2.45) is 0 Å². The summed E-state index contributed by atoms with van der Waals surface area (Å²) in [5.74, 6) is 2.22. The molecule has 0 spiro atoms. The Morgan fingerprint density at radius 3 is 2.90 bits per heavy atom. The molecule has 0 radical (unpaired) electrons. The Morgan fingerprint density at radius 2 is 2.20 bits per heavy atom. The second-order valence-corrected chi connectivity index (χ2v) is 5.22. The fourth-order valence-corrected chi connectivity index (χ4v) is 2.78. The van der Waals surface area contributed by atoms with Gasteiger partial charge in [-0.3, -0.25) is 10.00 Å². The molecule has 0 aromatic carbocycles. The molecule has 1 aliphatic rings. The molecule has 1 fully saturated rings. The predicted octanol–water partition coefficient (Wildman–Crippen LogP) is 2.78. The van der Waals surface area contributed by atoms with Gasteiger partial charge in [-0.15, -0.1) is 0 Å². The highest BCUT2D eigenvalue weighted by atomic mass is 16.6. The molecule has 2 aromatic heterocycles. The first-order valence-corrected chi connectivity index (χ1v) is 7.28. The molecule has 0 bridgehead atoms. The zero-order valence-corrected chi connectivity index (χ0v) is 11.8. The van der Waals surface area contributed by atoms with Crippen LogP contribution in [0.5, 0.6) is 5.95 Å². The van der Waals surface area contributed by atoms with E-state index >= 15 is 0 Å². The molecule has 1 N–H and O–H groups in total. The van der Waals surface area contributed by atoms with Crippen LogP contribution in [0.3, 0.4) is 0 Å². The number of rotatable bonds is 5. The molecular formula is C15H21N3O2. The third kappa shape index (κ3) is 3.04. The van der Waals surface area contributed by atoms with Gasteiger partial charge in [0.2, 0.25) is 0 Å². The molecule has 2 aromatic rings. The number of nitrogens with one attached hydrogen (secondary N) is 1. The summed E-state index contributed by atoms with van der Waals surface area (Å²) in [5.41, 5.74) is 1.27. The van der Waals surface area contributed by atoms with Crippen molar-refractivity contribution in [3.05, 3.63) is 35.9 Å². The van der Waals surface area contributed by atoms with Crippen LogP contribution in [0, 0.1) is 0 Å². The Labute approximate surface area is 118 Å². The van der Waals surface area contributed by atoms with E-state index in [2.05, 4.69) is 21.2 Å². The molecule has 0 atom stereocenters. The molecule has 1 saturated heterocycles. The minimum atomic E-state index is 0.615. The molecule has 3 heterocycles. The van der Waals surface area contributed by atoms with Crippen molar-refractivity contribution in [3.63, 3.8) is 0 Å². The molecular weight excluding hydrogens is 254 g/mol. The highest BCUT2D eigenvalue weighted by molar-refractivity contribution is 5.12. The molecule has 0 unspecified atom stereocenters. The SMILES string of the molecule is CCOc1ccc(CN2CCC(c3ccn[nH]3)CC2)o1. The Hall–Kier alpha value is -1.75. The first-order valence-electron chi connectivity index (χ1n) is 7.28. The monoisotopic (exact) mass is 275 g/mol. The van der Waals surface area contributed by atoms with E-state index in [-0.39, 0.29) is 0 Å². The number of ether oxygens (including phenoxy) is 1. The summed E-state index contributed by atoms with van der Waals surface area (Å²) in [7, 11) is 0. The van der Waals surface area contributed by atoms with Crippen LogP contribution in [0.15, 0.2) is 28.8 Å². The number of piperidine rings is 1. The van der Waals surface area contributed by atoms with Gasteiger partial charge in [0.25, 0.3) is 5.95 Å². The number of aromatic nitrogens is 2. The summed E-state index contributed by atoms with van der Waals surface area (Å²) in [6.07, 6.45) is 4.17. The van der Waals surface area contributed by atoms with Crippen molar-refractivity contribution in [3.8, 4) is 5.95 Å². The minimum absolute atomic E-state index is 0.615. The maximum absolute atomic E-state index is 5.65. The molecule has 5 nitrogen and oxygen atoms in total. The van der Waals surface area contributed by atoms with Crippen molar-refractivity contribution in [2.45, 2.75) is 32.2 Å². The van der Waals surface area contributed by atoms with Gasteiger partial charge in [0.1, 0.15) is 5.76 Å². The number of likely N-dealkylation sites (tertiary alicyclic amines) is 1. The van der Waals surface area contributed by atoms with Crippen LogP contribution in [-0.4, -0.2) is 34.8 Å².